The molecule has 0 fully saturated rings. The van der Waals surface area contributed by atoms with Gasteiger partial charge in [0.15, 0.2) is 5.82 Å². The molecule has 3 aliphatic rings. The third kappa shape index (κ3) is 2.89. The Morgan fingerprint density at radius 2 is 1.60 bits per heavy atom. The molecule has 5 aromatic carbocycles. The van der Waals surface area contributed by atoms with Gasteiger partial charge in [-0.05, 0) is 63.7 Å². The molecule has 212 valence electrons. The zero-order valence-corrected chi connectivity index (χ0v) is 25.7. The molecule has 4 heteroatoms. The standard InChI is InChI=1S/C41H27N3S/c1-41(2)29-14-5-3-10-24(29)25-13-9-12-23(37(25)41)22-18-19-32-27(20-22)36-35-26-11-4-8-17-33(26)45-34(35)21-28-38-40(44(32)39(28)36)43-31-16-7-6-15-30(31)42-38/h3-21,30,42H,1-2H3. The van der Waals surface area contributed by atoms with Crippen molar-refractivity contribution in [2.24, 2.45) is 4.99 Å². The molecule has 0 amide bonds. The first-order valence-electron chi connectivity index (χ1n) is 15.7. The number of aliphatic imine (C=N–C) groups is 1. The highest BCUT2D eigenvalue weighted by molar-refractivity contribution is 7.26. The van der Waals surface area contributed by atoms with Gasteiger partial charge in [0.05, 0.1) is 28.5 Å². The summed E-state index contributed by atoms with van der Waals surface area (Å²) in [5, 5.41) is 10.4. The third-order valence-corrected chi connectivity index (χ3v) is 11.6. The van der Waals surface area contributed by atoms with Crippen LogP contribution in [0.5, 0.6) is 0 Å². The molecule has 4 heterocycles. The van der Waals surface area contributed by atoms with Crippen LogP contribution in [0.4, 0.5) is 11.5 Å². The quantitative estimate of drug-likeness (QED) is 0.202. The van der Waals surface area contributed by atoms with Crippen LogP contribution in [0.3, 0.4) is 0 Å². The van der Waals surface area contributed by atoms with Crippen LogP contribution in [0.2, 0.25) is 0 Å². The first kappa shape index (κ1) is 24.2. The number of fused-ring (bicyclic) bond motifs is 14. The SMILES string of the molecule is CC1(C)c2ccccc2-c2cccc(-c3ccc4c(c3)c3c5c(cc6c7c(n4c63)N=C3C=CC=CC3N7)sc3ccccc35)c21. The molecular weight excluding hydrogens is 567 g/mol. The molecule has 1 N–H and O–H groups in total. The number of nitrogens with zero attached hydrogens (tertiary/aromatic N) is 2. The van der Waals surface area contributed by atoms with Crippen LogP contribution in [0.25, 0.3) is 69.6 Å². The Bertz CT molecular complexity index is 2710. The summed E-state index contributed by atoms with van der Waals surface area (Å²) in [5.74, 6) is 1.00. The lowest BCUT2D eigenvalue weighted by atomic mass is 9.79. The minimum Gasteiger partial charge on any atom is -0.370 e. The summed E-state index contributed by atoms with van der Waals surface area (Å²) in [5.41, 5.74) is 12.7. The van der Waals surface area contributed by atoms with Crippen molar-refractivity contribution >= 4 is 75.9 Å². The van der Waals surface area contributed by atoms with Crippen molar-refractivity contribution in [3.8, 4) is 22.3 Å². The van der Waals surface area contributed by atoms with Crippen LogP contribution in [0.15, 0.2) is 120 Å². The Labute approximate surface area is 263 Å². The molecule has 3 aromatic heterocycles. The van der Waals surface area contributed by atoms with E-state index >= 15 is 0 Å². The predicted octanol–water partition coefficient (Wildman–Crippen LogP) is 11.0. The summed E-state index contributed by atoms with van der Waals surface area (Å²) >= 11 is 1.89. The number of hydrogen-bond donors (Lipinski definition) is 1. The highest BCUT2D eigenvalue weighted by Gasteiger charge is 2.37. The highest BCUT2D eigenvalue weighted by Crippen LogP contribution is 2.54. The lowest BCUT2D eigenvalue weighted by molar-refractivity contribution is 0.662. The molecule has 3 nitrogen and oxygen atoms in total. The number of rotatable bonds is 1. The molecule has 8 aromatic rings. The van der Waals surface area contributed by atoms with Crippen LogP contribution < -0.4 is 5.32 Å². The molecule has 0 saturated heterocycles. The number of aromatic nitrogens is 1. The van der Waals surface area contributed by atoms with Crippen molar-refractivity contribution in [1.82, 2.24) is 4.40 Å². The molecule has 45 heavy (non-hydrogen) atoms. The van der Waals surface area contributed by atoms with Gasteiger partial charge >= 0.3 is 0 Å². The van der Waals surface area contributed by atoms with Gasteiger partial charge in [0, 0.05) is 41.7 Å². The molecule has 0 bridgehead atoms. The molecular formula is C41H27N3S. The smallest absolute Gasteiger partial charge is 0.162 e. The second kappa shape index (κ2) is 8.09. The fourth-order valence-corrected chi connectivity index (χ4v) is 9.76. The zero-order valence-electron chi connectivity index (χ0n) is 24.8. The van der Waals surface area contributed by atoms with Gasteiger partial charge in [-0.25, -0.2) is 4.99 Å². The summed E-state index contributed by atoms with van der Waals surface area (Å²) in [4.78, 5) is 5.30. The van der Waals surface area contributed by atoms with E-state index < -0.39 is 0 Å². The van der Waals surface area contributed by atoms with Crippen molar-refractivity contribution in [1.29, 1.82) is 0 Å². The summed E-state index contributed by atoms with van der Waals surface area (Å²) in [7, 11) is 0. The molecule has 2 aliphatic carbocycles. The van der Waals surface area contributed by atoms with Gasteiger partial charge < -0.3 is 5.32 Å². The molecule has 1 atom stereocenters. The summed E-state index contributed by atoms with van der Waals surface area (Å²) < 4.78 is 5.07. The summed E-state index contributed by atoms with van der Waals surface area (Å²) in [6, 6.07) is 34.3. The van der Waals surface area contributed by atoms with E-state index in [1.807, 2.05) is 11.3 Å². The van der Waals surface area contributed by atoms with E-state index in [1.165, 1.54) is 80.7 Å². The van der Waals surface area contributed by atoms with E-state index in [2.05, 4.69) is 139 Å². The van der Waals surface area contributed by atoms with Crippen LogP contribution in [0, 0.1) is 0 Å². The van der Waals surface area contributed by atoms with Crippen LogP contribution in [-0.2, 0) is 5.41 Å². The number of nitrogens with one attached hydrogen (secondary N) is 1. The number of thiophene rings is 1. The largest absolute Gasteiger partial charge is 0.370 e. The average molecular weight is 594 g/mol. The lowest BCUT2D eigenvalue weighted by Gasteiger charge is -2.24. The van der Waals surface area contributed by atoms with Crippen molar-refractivity contribution in [3.05, 3.63) is 126 Å². The van der Waals surface area contributed by atoms with Gasteiger partial charge in [0.2, 0.25) is 0 Å². The minimum absolute atomic E-state index is 0.0804. The van der Waals surface area contributed by atoms with E-state index in [9.17, 15) is 0 Å². The number of hydrogen-bond acceptors (Lipinski definition) is 3. The fourth-order valence-electron chi connectivity index (χ4n) is 8.61. The topological polar surface area (TPSA) is 28.8 Å². The minimum atomic E-state index is -0.0804. The molecule has 0 radical (unpaired) electrons. The Morgan fingerprint density at radius 1 is 0.756 bits per heavy atom. The van der Waals surface area contributed by atoms with Crippen molar-refractivity contribution in [3.63, 3.8) is 0 Å². The monoisotopic (exact) mass is 593 g/mol. The van der Waals surface area contributed by atoms with Gasteiger partial charge in [0.1, 0.15) is 0 Å². The first-order valence-corrected chi connectivity index (χ1v) is 16.5. The van der Waals surface area contributed by atoms with Crippen LogP contribution in [0.1, 0.15) is 25.0 Å². The lowest BCUT2D eigenvalue weighted by Crippen LogP contribution is -2.29. The van der Waals surface area contributed by atoms with Gasteiger partial charge in [-0.3, -0.25) is 4.40 Å². The van der Waals surface area contributed by atoms with E-state index in [1.54, 1.807) is 0 Å². The first-order chi connectivity index (χ1) is 22.1. The maximum Gasteiger partial charge on any atom is 0.162 e. The molecule has 0 saturated carbocycles. The van der Waals surface area contributed by atoms with E-state index in [0.29, 0.717) is 0 Å². The predicted molar refractivity (Wildman–Crippen MR) is 192 cm³/mol. The van der Waals surface area contributed by atoms with Crippen LogP contribution in [-0.4, -0.2) is 16.2 Å². The maximum absolute atomic E-state index is 5.30. The molecule has 11 rings (SSSR count). The molecule has 1 unspecified atom stereocenters. The van der Waals surface area contributed by atoms with Gasteiger partial charge in [-0.2, -0.15) is 0 Å². The maximum atomic E-state index is 5.30. The second-order valence-electron chi connectivity index (χ2n) is 13.2. The van der Waals surface area contributed by atoms with E-state index in [4.69, 9.17) is 4.99 Å². The van der Waals surface area contributed by atoms with Crippen molar-refractivity contribution in [2.45, 2.75) is 25.3 Å². The van der Waals surface area contributed by atoms with Crippen molar-refractivity contribution in [2.75, 3.05) is 5.32 Å². The average Bonchev–Trinajstić information content (AvgIpc) is 3.77. The van der Waals surface area contributed by atoms with Crippen LogP contribution >= 0.6 is 11.3 Å². The van der Waals surface area contributed by atoms with Gasteiger partial charge in [0.25, 0.3) is 0 Å². The Hall–Kier alpha value is -5.19. The Balaban J connectivity index is 1.27. The zero-order chi connectivity index (χ0) is 29.6. The Morgan fingerprint density at radius 3 is 2.56 bits per heavy atom. The number of anilines is 1. The molecule has 0 spiro atoms. The third-order valence-electron chi connectivity index (χ3n) is 10.5. The Kier molecular flexibility index (Phi) is 4.35. The highest BCUT2D eigenvalue weighted by atomic mass is 32.1. The second-order valence-corrected chi connectivity index (χ2v) is 14.3. The van der Waals surface area contributed by atoms with Gasteiger partial charge in [-0.1, -0.05) is 98.8 Å². The van der Waals surface area contributed by atoms with E-state index in [-0.39, 0.29) is 11.5 Å². The van der Waals surface area contributed by atoms with E-state index in [0.717, 1.165) is 17.2 Å². The van der Waals surface area contributed by atoms with Crippen molar-refractivity contribution < 1.29 is 0 Å². The molecule has 1 aliphatic heterocycles. The summed E-state index contributed by atoms with van der Waals surface area (Å²) in [6.07, 6.45) is 8.53. The van der Waals surface area contributed by atoms with Gasteiger partial charge in [-0.15, -0.1) is 11.3 Å². The number of allylic oxidation sites excluding steroid dienone is 2. The number of benzene rings is 5. The summed E-state index contributed by atoms with van der Waals surface area (Å²) in [6.45, 7) is 4.76. The fraction of sp³-hybridized carbons (Fsp3) is 0.0976. The normalized spacial score (nSPS) is 17.6.